The number of aliphatic imine (C=N–C) groups is 1. The van der Waals surface area contributed by atoms with Crippen molar-refractivity contribution in [1.29, 1.82) is 0 Å². The standard InChI is InChI=1S/C17H13NO4/c1-22-11-7-8-13-12(9-11)16(19)14(17(20)21)15(18-13)10-5-3-2-4-6-10/h2-9,14H,1H3,(H,20,21). The molecule has 3 rings (SSSR count). The number of hydrogen-bond acceptors (Lipinski definition) is 4. The van der Waals surface area contributed by atoms with Crippen LogP contribution in [0.1, 0.15) is 15.9 Å². The molecule has 0 amide bonds. The Morgan fingerprint density at radius 1 is 1.18 bits per heavy atom. The summed E-state index contributed by atoms with van der Waals surface area (Å²) in [5, 5.41) is 9.46. The van der Waals surface area contributed by atoms with Crippen molar-refractivity contribution in [3.05, 3.63) is 59.7 Å². The van der Waals surface area contributed by atoms with Crippen LogP contribution in [0, 0.1) is 5.92 Å². The molecule has 1 heterocycles. The number of carboxylic acid groups (broad SMARTS) is 1. The number of aliphatic carboxylic acids is 1. The van der Waals surface area contributed by atoms with E-state index in [4.69, 9.17) is 4.74 Å². The Bertz CT molecular complexity index is 781. The fourth-order valence-corrected chi connectivity index (χ4v) is 2.48. The van der Waals surface area contributed by atoms with E-state index in [-0.39, 0.29) is 11.3 Å². The van der Waals surface area contributed by atoms with E-state index in [2.05, 4.69) is 4.99 Å². The molecule has 2 aromatic rings. The van der Waals surface area contributed by atoms with Gasteiger partial charge < -0.3 is 9.84 Å². The number of ether oxygens (including phenoxy) is 1. The molecule has 22 heavy (non-hydrogen) atoms. The Balaban J connectivity index is 2.20. The van der Waals surface area contributed by atoms with Gasteiger partial charge in [-0.05, 0) is 23.8 Å². The third-order valence-corrected chi connectivity index (χ3v) is 3.56. The fraction of sp³-hybridized carbons (Fsp3) is 0.118. The molecule has 0 aromatic heterocycles. The van der Waals surface area contributed by atoms with Gasteiger partial charge in [0.25, 0.3) is 0 Å². The van der Waals surface area contributed by atoms with Crippen molar-refractivity contribution in [2.45, 2.75) is 0 Å². The second kappa shape index (κ2) is 5.44. The number of carbonyl (C=O) groups excluding carboxylic acids is 1. The van der Waals surface area contributed by atoms with Crippen molar-refractivity contribution in [2.24, 2.45) is 10.9 Å². The van der Waals surface area contributed by atoms with Crippen molar-refractivity contribution in [2.75, 3.05) is 7.11 Å². The molecular weight excluding hydrogens is 282 g/mol. The average molecular weight is 295 g/mol. The fourth-order valence-electron chi connectivity index (χ4n) is 2.48. The number of hydrogen-bond donors (Lipinski definition) is 1. The van der Waals surface area contributed by atoms with Crippen LogP contribution >= 0.6 is 0 Å². The minimum Gasteiger partial charge on any atom is -0.497 e. The predicted octanol–water partition coefficient (Wildman–Crippen LogP) is 2.71. The van der Waals surface area contributed by atoms with E-state index in [1.807, 2.05) is 6.07 Å². The Morgan fingerprint density at radius 3 is 2.55 bits per heavy atom. The Hall–Kier alpha value is -2.95. The minimum absolute atomic E-state index is 0.260. The zero-order valence-corrected chi connectivity index (χ0v) is 11.8. The van der Waals surface area contributed by atoms with E-state index in [0.717, 1.165) is 0 Å². The number of carboxylic acids is 1. The lowest BCUT2D eigenvalue weighted by molar-refractivity contribution is -0.137. The van der Waals surface area contributed by atoms with E-state index in [9.17, 15) is 14.7 Å². The third kappa shape index (κ3) is 2.26. The Morgan fingerprint density at radius 2 is 1.91 bits per heavy atom. The number of nitrogens with zero attached hydrogens (tertiary/aromatic N) is 1. The van der Waals surface area contributed by atoms with Crippen LogP contribution in [0.3, 0.4) is 0 Å². The van der Waals surface area contributed by atoms with Crippen molar-refractivity contribution >= 4 is 23.2 Å². The van der Waals surface area contributed by atoms with Crippen LogP contribution in [0.15, 0.2) is 53.5 Å². The van der Waals surface area contributed by atoms with Gasteiger partial charge in [-0.25, -0.2) is 0 Å². The molecule has 0 bridgehead atoms. The van der Waals surface area contributed by atoms with Crippen molar-refractivity contribution in [1.82, 2.24) is 0 Å². The normalized spacial score (nSPS) is 16.7. The summed E-state index contributed by atoms with van der Waals surface area (Å²) in [6.45, 7) is 0. The first-order valence-corrected chi connectivity index (χ1v) is 6.71. The molecule has 5 nitrogen and oxygen atoms in total. The van der Waals surface area contributed by atoms with Crippen molar-refractivity contribution in [3.8, 4) is 5.75 Å². The molecule has 0 saturated heterocycles. The molecule has 1 unspecified atom stereocenters. The monoisotopic (exact) mass is 295 g/mol. The predicted molar refractivity (Wildman–Crippen MR) is 81.1 cm³/mol. The summed E-state index contributed by atoms with van der Waals surface area (Å²) in [5.74, 6) is -2.49. The average Bonchev–Trinajstić information content (AvgIpc) is 2.54. The van der Waals surface area contributed by atoms with E-state index in [0.29, 0.717) is 17.0 Å². The van der Waals surface area contributed by atoms with E-state index < -0.39 is 17.7 Å². The molecule has 1 N–H and O–H groups in total. The molecule has 5 heteroatoms. The van der Waals surface area contributed by atoms with Gasteiger partial charge in [0.1, 0.15) is 5.75 Å². The zero-order valence-electron chi connectivity index (χ0n) is 11.8. The van der Waals surface area contributed by atoms with Gasteiger partial charge in [-0.2, -0.15) is 0 Å². The molecule has 0 radical (unpaired) electrons. The first-order valence-electron chi connectivity index (χ1n) is 6.71. The summed E-state index contributed by atoms with van der Waals surface area (Å²) in [7, 11) is 1.49. The topological polar surface area (TPSA) is 76.0 Å². The SMILES string of the molecule is COc1ccc2c(c1)C(=O)C(C(=O)O)C(c1ccccc1)=N2. The van der Waals surface area contributed by atoms with Crippen LogP contribution in [0.2, 0.25) is 0 Å². The molecule has 110 valence electrons. The van der Waals surface area contributed by atoms with Crippen LogP contribution < -0.4 is 4.74 Å². The Kier molecular flexibility index (Phi) is 3.47. The smallest absolute Gasteiger partial charge is 0.320 e. The number of benzene rings is 2. The number of carbonyl (C=O) groups is 2. The number of fused-ring (bicyclic) bond motifs is 1. The number of methoxy groups -OCH3 is 1. The van der Waals surface area contributed by atoms with E-state index in [1.54, 1.807) is 36.4 Å². The lowest BCUT2D eigenvalue weighted by atomic mass is 9.86. The van der Waals surface area contributed by atoms with Gasteiger partial charge in [0, 0.05) is 5.56 Å². The molecule has 0 spiro atoms. The van der Waals surface area contributed by atoms with Gasteiger partial charge in [-0.3, -0.25) is 14.6 Å². The highest BCUT2D eigenvalue weighted by molar-refractivity contribution is 6.31. The van der Waals surface area contributed by atoms with Crippen molar-refractivity contribution in [3.63, 3.8) is 0 Å². The summed E-state index contributed by atoms with van der Waals surface area (Å²) in [6, 6.07) is 13.8. The van der Waals surface area contributed by atoms with Crippen LogP contribution in [0.25, 0.3) is 0 Å². The highest BCUT2D eigenvalue weighted by Crippen LogP contribution is 2.33. The van der Waals surface area contributed by atoms with Gasteiger partial charge in [0.2, 0.25) is 0 Å². The second-order valence-corrected chi connectivity index (χ2v) is 4.88. The number of rotatable bonds is 3. The minimum atomic E-state index is -1.30. The molecular formula is C17H13NO4. The summed E-state index contributed by atoms with van der Waals surface area (Å²) >= 11 is 0. The lowest BCUT2D eigenvalue weighted by Gasteiger charge is -2.21. The lowest BCUT2D eigenvalue weighted by Crippen LogP contribution is -2.34. The van der Waals surface area contributed by atoms with Gasteiger partial charge in [-0.1, -0.05) is 30.3 Å². The summed E-state index contributed by atoms with van der Waals surface area (Å²) in [4.78, 5) is 28.6. The maximum atomic E-state index is 12.6. The summed E-state index contributed by atoms with van der Waals surface area (Å²) in [6.07, 6.45) is 0. The summed E-state index contributed by atoms with van der Waals surface area (Å²) < 4.78 is 5.09. The first-order chi connectivity index (χ1) is 10.6. The maximum absolute atomic E-state index is 12.6. The quantitative estimate of drug-likeness (QED) is 0.883. The molecule has 1 aliphatic rings. The van der Waals surface area contributed by atoms with Crippen LogP contribution in [0.4, 0.5) is 5.69 Å². The van der Waals surface area contributed by atoms with Gasteiger partial charge in [-0.15, -0.1) is 0 Å². The largest absolute Gasteiger partial charge is 0.497 e. The molecule has 1 aliphatic heterocycles. The zero-order chi connectivity index (χ0) is 15.7. The summed E-state index contributed by atoms with van der Waals surface area (Å²) in [5.41, 5.74) is 1.62. The van der Waals surface area contributed by atoms with Crippen LogP contribution in [0.5, 0.6) is 5.75 Å². The highest BCUT2D eigenvalue weighted by atomic mass is 16.5. The molecule has 1 atom stereocenters. The maximum Gasteiger partial charge on any atom is 0.320 e. The molecule has 0 fully saturated rings. The number of ketones is 1. The molecule has 0 saturated carbocycles. The van der Waals surface area contributed by atoms with Gasteiger partial charge in [0.05, 0.1) is 18.5 Å². The van der Waals surface area contributed by atoms with Gasteiger partial charge in [0.15, 0.2) is 11.7 Å². The van der Waals surface area contributed by atoms with E-state index >= 15 is 0 Å². The first kappa shape index (κ1) is 14.0. The van der Waals surface area contributed by atoms with Gasteiger partial charge >= 0.3 is 5.97 Å². The van der Waals surface area contributed by atoms with E-state index in [1.165, 1.54) is 13.2 Å². The van der Waals surface area contributed by atoms with Crippen LogP contribution in [-0.4, -0.2) is 29.7 Å². The third-order valence-electron chi connectivity index (χ3n) is 3.56. The van der Waals surface area contributed by atoms with Crippen molar-refractivity contribution < 1.29 is 19.4 Å². The Labute approximate surface area is 126 Å². The second-order valence-electron chi connectivity index (χ2n) is 4.88. The van der Waals surface area contributed by atoms with Crippen LogP contribution in [-0.2, 0) is 4.79 Å². The number of Topliss-reactive ketones (excluding diaryl/α,β-unsaturated/α-hetero) is 1. The molecule has 2 aromatic carbocycles. The molecule has 0 aliphatic carbocycles. The highest BCUT2D eigenvalue weighted by Gasteiger charge is 2.37.